The summed E-state index contributed by atoms with van der Waals surface area (Å²) in [5.41, 5.74) is 2.41. The number of aryl methyl sites for hydroxylation is 2. The van der Waals surface area contributed by atoms with Gasteiger partial charge in [-0.3, -0.25) is 4.79 Å². The van der Waals surface area contributed by atoms with Gasteiger partial charge in [0.15, 0.2) is 6.10 Å². The molecule has 128 valence electrons. The van der Waals surface area contributed by atoms with Crippen LogP contribution in [0.3, 0.4) is 0 Å². The molecule has 1 aliphatic rings. The Morgan fingerprint density at radius 1 is 1.17 bits per heavy atom. The van der Waals surface area contributed by atoms with Crippen LogP contribution in [0.5, 0.6) is 5.75 Å². The van der Waals surface area contributed by atoms with Gasteiger partial charge >= 0.3 is 0 Å². The lowest BCUT2D eigenvalue weighted by Gasteiger charge is -2.35. The lowest BCUT2D eigenvalue weighted by atomic mass is 10.0. The molecule has 4 nitrogen and oxygen atoms in total. The minimum absolute atomic E-state index is 0.0220. The van der Waals surface area contributed by atoms with Crippen LogP contribution >= 0.6 is 0 Å². The second kappa shape index (κ2) is 7.82. The summed E-state index contributed by atoms with van der Waals surface area (Å²) in [6, 6.07) is 6.78. The summed E-state index contributed by atoms with van der Waals surface area (Å²) >= 11 is 0. The van der Waals surface area contributed by atoms with Crippen LogP contribution in [0.2, 0.25) is 0 Å². The maximum atomic E-state index is 12.3. The van der Waals surface area contributed by atoms with E-state index < -0.39 is 6.10 Å². The van der Waals surface area contributed by atoms with Crippen LogP contribution in [-0.2, 0) is 4.79 Å². The van der Waals surface area contributed by atoms with Crippen molar-refractivity contribution in [2.75, 3.05) is 13.1 Å². The standard InChI is InChI=1S/C19H30N2O2/c1-13(2)21-10-8-17(9-11-21)20-19(22)16(5)23-18-7-6-14(3)15(4)12-18/h6-7,12-13,16-17H,8-11H2,1-5H3,(H,20,22)/t16-/m0/s1. The third-order valence-electron chi connectivity index (χ3n) is 4.77. The first-order chi connectivity index (χ1) is 10.9. The normalized spacial score (nSPS) is 18.0. The van der Waals surface area contributed by atoms with Gasteiger partial charge in [0, 0.05) is 25.2 Å². The van der Waals surface area contributed by atoms with E-state index in [1.165, 1.54) is 11.1 Å². The number of piperidine rings is 1. The number of likely N-dealkylation sites (tertiary alicyclic amines) is 1. The molecule has 0 unspecified atom stereocenters. The molecule has 1 aliphatic heterocycles. The first-order valence-electron chi connectivity index (χ1n) is 8.65. The summed E-state index contributed by atoms with van der Waals surface area (Å²) in [4.78, 5) is 14.8. The summed E-state index contributed by atoms with van der Waals surface area (Å²) in [5, 5.41) is 3.13. The molecule has 1 aromatic carbocycles. The lowest BCUT2D eigenvalue weighted by molar-refractivity contribution is -0.128. The predicted molar refractivity (Wildman–Crippen MR) is 93.9 cm³/mol. The van der Waals surface area contributed by atoms with E-state index in [0.29, 0.717) is 6.04 Å². The van der Waals surface area contributed by atoms with Gasteiger partial charge < -0.3 is 15.0 Å². The molecule has 0 saturated carbocycles. The summed E-state index contributed by atoms with van der Waals surface area (Å²) in [7, 11) is 0. The fraction of sp³-hybridized carbons (Fsp3) is 0.632. The average molecular weight is 318 g/mol. The molecular formula is C19H30N2O2. The van der Waals surface area contributed by atoms with Gasteiger partial charge in [-0.25, -0.2) is 0 Å². The third-order valence-corrected chi connectivity index (χ3v) is 4.77. The molecule has 0 aliphatic carbocycles. The number of nitrogens with zero attached hydrogens (tertiary/aromatic N) is 1. The highest BCUT2D eigenvalue weighted by atomic mass is 16.5. The van der Waals surface area contributed by atoms with Crippen molar-refractivity contribution in [2.45, 2.75) is 65.6 Å². The molecule has 1 atom stereocenters. The monoisotopic (exact) mass is 318 g/mol. The van der Waals surface area contributed by atoms with Gasteiger partial charge in [-0.15, -0.1) is 0 Å². The molecule has 0 bridgehead atoms. The van der Waals surface area contributed by atoms with Crippen molar-refractivity contribution in [3.8, 4) is 5.75 Å². The highest BCUT2D eigenvalue weighted by Gasteiger charge is 2.24. The number of carbonyl (C=O) groups excluding carboxylic acids is 1. The Hall–Kier alpha value is -1.55. The van der Waals surface area contributed by atoms with Crippen molar-refractivity contribution in [3.63, 3.8) is 0 Å². The van der Waals surface area contributed by atoms with Crippen molar-refractivity contribution >= 4 is 5.91 Å². The fourth-order valence-corrected chi connectivity index (χ4v) is 2.92. The molecular weight excluding hydrogens is 288 g/mol. The van der Waals surface area contributed by atoms with Crippen LogP contribution in [0, 0.1) is 13.8 Å². The predicted octanol–water partition coefficient (Wildman–Crippen LogP) is 3.06. The fourth-order valence-electron chi connectivity index (χ4n) is 2.92. The third kappa shape index (κ3) is 4.96. The molecule has 1 saturated heterocycles. The first-order valence-corrected chi connectivity index (χ1v) is 8.65. The second-order valence-electron chi connectivity index (χ2n) is 6.92. The Labute approximate surface area is 140 Å². The molecule has 0 aromatic heterocycles. The van der Waals surface area contributed by atoms with Gasteiger partial charge in [-0.2, -0.15) is 0 Å². The van der Waals surface area contributed by atoms with Crippen LogP contribution in [0.25, 0.3) is 0 Å². The molecule has 1 heterocycles. The Kier molecular flexibility index (Phi) is 6.05. The number of benzene rings is 1. The van der Waals surface area contributed by atoms with Crippen LogP contribution in [-0.4, -0.2) is 42.1 Å². The average Bonchev–Trinajstić information content (AvgIpc) is 2.51. The van der Waals surface area contributed by atoms with Crippen LogP contribution in [0.4, 0.5) is 0 Å². The minimum atomic E-state index is -0.472. The maximum absolute atomic E-state index is 12.3. The van der Waals surface area contributed by atoms with Gasteiger partial charge in [0.05, 0.1) is 0 Å². The Bertz CT molecular complexity index is 534. The van der Waals surface area contributed by atoms with E-state index in [1.54, 1.807) is 0 Å². The number of hydrogen-bond acceptors (Lipinski definition) is 3. The zero-order valence-electron chi connectivity index (χ0n) is 15.1. The Morgan fingerprint density at radius 3 is 2.39 bits per heavy atom. The quantitative estimate of drug-likeness (QED) is 0.907. The largest absolute Gasteiger partial charge is 0.481 e. The van der Waals surface area contributed by atoms with E-state index >= 15 is 0 Å². The highest BCUT2D eigenvalue weighted by molar-refractivity contribution is 5.81. The summed E-state index contributed by atoms with van der Waals surface area (Å²) in [6.07, 6.45) is 1.56. The van der Waals surface area contributed by atoms with E-state index in [4.69, 9.17) is 4.74 Å². The number of hydrogen-bond donors (Lipinski definition) is 1. The smallest absolute Gasteiger partial charge is 0.260 e. The van der Waals surface area contributed by atoms with Crippen molar-refractivity contribution in [1.82, 2.24) is 10.2 Å². The van der Waals surface area contributed by atoms with Gasteiger partial charge in [-0.1, -0.05) is 6.07 Å². The zero-order chi connectivity index (χ0) is 17.0. The van der Waals surface area contributed by atoms with Crippen LogP contribution < -0.4 is 10.1 Å². The van der Waals surface area contributed by atoms with Crippen molar-refractivity contribution in [1.29, 1.82) is 0 Å². The number of ether oxygens (including phenoxy) is 1. The minimum Gasteiger partial charge on any atom is -0.481 e. The van der Waals surface area contributed by atoms with Crippen LogP contribution in [0.15, 0.2) is 18.2 Å². The van der Waals surface area contributed by atoms with Gasteiger partial charge in [0.1, 0.15) is 5.75 Å². The highest BCUT2D eigenvalue weighted by Crippen LogP contribution is 2.18. The van der Waals surface area contributed by atoms with E-state index in [0.717, 1.165) is 31.7 Å². The van der Waals surface area contributed by atoms with Crippen molar-refractivity contribution in [2.24, 2.45) is 0 Å². The molecule has 1 amide bonds. The first kappa shape index (κ1) is 17.8. The number of nitrogens with one attached hydrogen (secondary N) is 1. The molecule has 1 fully saturated rings. The van der Waals surface area contributed by atoms with E-state index in [-0.39, 0.29) is 11.9 Å². The van der Waals surface area contributed by atoms with E-state index in [9.17, 15) is 4.79 Å². The molecule has 4 heteroatoms. The van der Waals surface area contributed by atoms with E-state index in [1.807, 2.05) is 25.1 Å². The molecule has 2 rings (SSSR count). The summed E-state index contributed by atoms with van der Waals surface area (Å²) < 4.78 is 5.79. The van der Waals surface area contributed by atoms with E-state index in [2.05, 4.69) is 37.9 Å². The van der Waals surface area contributed by atoms with Gasteiger partial charge in [-0.05, 0) is 70.7 Å². The summed E-state index contributed by atoms with van der Waals surface area (Å²) in [6.45, 7) is 12.5. The Balaban J connectivity index is 1.82. The van der Waals surface area contributed by atoms with Gasteiger partial charge in [0.25, 0.3) is 5.91 Å². The topological polar surface area (TPSA) is 41.6 Å². The molecule has 1 aromatic rings. The van der Waals surface area contributed by atoms with Crippen LogP contribution in [0.1, 0.15) is 44.7 Å². The lowest BCUT2D eigenvalue weighted by Crippen LogP contribution is -2.49. The van der Waals surface area contributed by atoms with Gasteiger partial charge in [0.2, 0.25) is 0 Å². The molecule has 1 N–H and O–H groups in total. The zero-order valence-corrected chi connectivity index (χ0v) is 15.1. The van der Waals surface area contributed by atoms with Crippen molar-refractivity contribution < 1.29 is 9.53 Å². The number of rotatable bonds is 5. The summed E-state index contributed by atoms with van der Waals surface area (Å²) in [5.74, 6) is 0.733. The number of amides is 1. The second-order valence-corrected chi connectivity index (χ2v) is 6.92. The molecule has 0 radical (unpaired) electrons. The SMILES string of the molecule is Cc1ccc(O[C@@H](C)C(=O)NC2CCN(C(C)C)CC2)cc1C. The van der Waals surface area contributed by atoms with Crippen molar-refractivity contribution in [3.05, 3.63) is 29.3 Å². The number of carbonyl (C=O) groups is 1. The Morgan fingerprint density at radius 2 is 1.83 bits per heavy atom. The molecule has 0 spiro atoms. The molecule has 23 heavy (non-hydrogen) atoms. The maximum Gasteiger partial charge on any atom is 0.260 e.